The van der Waals surface area contributed by atoms with Gasteiger partial charge in [0.25, 0.3) is 0 Å². The quantitative estimate of drug-likeness (QED) is 0.484. The van der Waals surface area contributed by atoms with Crippen molar-refractivity contribution >= 4 is 5.78 Å². The molecule has 2 aliphatic carbocycles. The van der Waals surface area contributed by atoms with Gasteiger partial charge in [-0.25, -0.2) is 0 Å². The molecule has 1 saturated carbocycles. The Kier molecular flexibility index (Phi) is 1.59. The van der Waals surface area contributed by atoms with Crippen LogP contribution < -0.4 is 0 Å². The molecule has 0 aromatic rings. The summed E-state index contributed by atoms with van der Waals surface area (Å²) in [5.41, 5.74) is 1.46. The van der Waals surface area contributed by atoms with Gasteiger partial charge in [-0.2, -0.15) is 0 Å². The third kappa shape index (κ3) is 1.13. The van der Waals surface area contributed by atoms with Crippen molar-refractivity contribution < 1.29 is 4.79 Å². The van der Waals surface area contributed by atoms with Gasteiger partial charge in [-0.05, 0) is 31.6 Å². The van der Waals surface area contributed by atoms with Gasteiger partial charge in [0.05, 0.1) is 0 Å². The summed E-state index contributed by atoms with van der Waals surface area (Å²) >= 11 is 0. The SMILES string of the molecule is CC1=CCCC2CC(=O)CC12. The van der Waals surface area contributed by atoms with Gasteiger partial charge in [-0.1, -0.05) is 11.6 Å². The molecule has 0 radical (unpaired) electrons. The lowest BCUT2D eigenvalue weighted by molar-refractivity contribution is -0.117. The Labute approximate surface area is 67.5 Å². The average molecular weight is 150 g/mol. The molecule has 2 aliphatic rings. The average Bonchev–Trinajstić information content (AvgIpc) is 2.31. The standard InChI is InChI=1S/C10H14O/c1-7-3-2-4-8-5-9(11)6-10(7)8/h3,8,10H,2,4-6H2,1H3. The number of rotatable bonds is 0. The highest BCUT2D eigenvalue weighted by molar-refractivity contribution is 5.81. The normalized spacial score (nSPS) is 36.8. The first kappa shape index (κ1) is 7.08. The van der Waals surface area contributed by atoms with Crippen LogP contribution in [0.1, 0.15) is 32.6 Å². The maximum atomic E-state index is 11.1. The fourth-order valence-corrected chi connectivity index (χ4v) is 2.44. The minimum absolute atomic E-state index is 0.481. The smallest absolute Gasteiger partial charge is 0.133 e. The van der Waals surface area contributed by atoms with Crippen molar-refractivity contribution in [2.45, 2.75) is 32.6 Å². The number of hydrogen-bond acceptors (Lipinski definition) is 1. The van der Waals surface area contributed by atoms with Crippen molar-refractivity contribution in [2.75, 3.05) is 0 Å². The fourth-order valence-electron chi connectivity index (χ4n) is 2.44. The molecule has 0 saturated heterocycles. The van der Waals surface area contributed by atoms with E-state index in [2.05, 4.69) is 13.0 Å². The van der Waals surface area contributed by atoms with Crippen LogP contribution in [-0.2, 0) is 4.79 Å². The number of carbonyl (C=O) groups is 1. The van der Waals surface area contributed by atoms with E-state index in [-0.39, 0.29) is 0 Å². The van der Waals surface area contributed by atoms with Gasteiger partial charge < -0.3 is 0 Å². The highest BCUT2D eigenvalue weighted by Gasteiger charge is 2.34. The lowest BCUT2D eigenvalue weighted by atomic mass is 9.82. The van der Waals surface area contributed by atoms with Crippen LogP contribution in [0.15, 0.2) is 11.6 Å². The minimum Gasteiger partial charge on any atom is -0.300 e. The maximum Gasteiger partial charge on any atom is 0.133 e. The second kappa shape index (κ2) is 2.47. The Hall–Kier alpha value is -0.590. The van der Waals surface area contributed by atoms with Gasteiger partial charge in [-0.15, -0.1) is 0 Å². The second-order valence-corrected chi connectivity index (χ2v) is 3.84. The van der Waals surface area contributed by atoms with Crippen LogP contribution in [0.5, 0.6) is 0 Å². The third-order valence-corrected chi connectivity index (χ3v) is 3.10. The molecule has 2 unspecified atom stereocenters. The summed E-state index contributed by atoms with van der Waals surface area (Å²) in [6.45, 7) is 2.18. The summed E-state index contributed by atoms with van der Waals surface area (Å²) in [5.74, 6) is 1.80. The molecule has 0 aliphatic heterocycles. The zero-order valence-corrected chi connectivity index (χ0v) is 6.97. The van der Waals surface area contributed by atoms with E-state index < -0.39 is 0 Å². The van der Waals surface area contributed by atoms with E-state index in [0.717, 1.165) is 12.8 Å². The molecule has 1 nitrogen and oxygen atoms in total. The van der Waals surface area contributed by atoms with E-state index in [9.17, 15) is 4.79 Å². The third-order valence-electron chi connectivity index (χ3n) is 3.10. The first-order chi connectivity index (χ1) is 5.27. The number of ketones is 1. The molecular formula is C10H14O. The molecule has 11 heavy (non-hydrogen) atoms. The van der Waals surface area contributed by atoms with E-state index >= 15 is 0 Å². The highest BCUT2D eigenvalue weighted by atomic mass is 16.1. The van der Waals surface area contributed by atoms with Crippen LogP contribution in [0.4, 0.5) is 0 Å². The molecule has 60 valence electrons. The van der Waals surface area contributed by atoms with Crippen LogP contribution in [-0.4, -0.2) is 5.78 Å². The largest absolute Gasteiger partial charge is 0.300 e. The highest BCUT2D eigenvalue weighted by Crippen LogP contribution is 2.40. The fraction of sp³-hybridized carbons (Fsp3) is 0.700. The molecule has 0 spiro atoms. The van der Waals surface area contributed by atoms with E-state index in [4.69, 9.17) is 0 Å². The first-order valence-electron chi connectivity index (χ1n) is 4.45. The molecule has 0 heterocycles. The van der Waals surface area contributed by atoms with Crippen molar-refractivity contribution in [3.8, 4) is 0 Å². The molecule has 1 heteroatoms. The lowest BCUT2D eigenvalue weighted by Gasteiger charge is -2.23. The van der Waals surface area contributed by atoms with Gasteiger partial charge in [0.15, 0.2) is 0 Å². The topological polar surface area (TPSA) is 17.1 Å². The Balaban J connectivity index is 2.20. The summed E-state index contributed by atoms with van der Waals surface area (Å²) in [7, 11) is 0. The van der Waals surface area contributed by atoms with Crippen molar-refractivity contribution in [1.29, 1.82) is 0 Å². The number of Topliss-reactive ketones (excluding diaryl/α,β-unsaturated/α-hetero) is 1. The predicted octanol–water partition coefficient (Wildman–Crippen LogP) is 2.32. The van der Waals surface area contributed by atoms with Crippen molar-refractivity contribution in [3.05, 3.63) is 11.6 Å². The van der Waals surface area contributed by atoms with Gasteiger partial charge in [0, 0.05) is 12.8 Å². The molecule has 2 rings (SSSR count). The summed E-state index contributed by atoms with van der Waals surface area (Å²) < 4.78 is 0. The molecule has 0 aromatic carbocycles. The van der Waals surface area contributed by atoms with Crippen LogP contribution in [0.2, 0.25) is 0 Å². The maximum absolute atomic E-state index is 11.1. The Bertz CT molecular complexity index is 215. The van der Waals surface area contributed by atoms with Crippen LogP contribution >= 0.6 is 0 Å². The van der Waals surface area contributed by atoms with E-state index in [1.165, 1.54) is 18.4 Å². The van der Waals surface area contributed by atoms with E-state index in [0.29, 0.717) is 17.6 Å². The van der Waals surface area contributed by atoms with Gasteiger partial charge in [0.1, 0.15) is 5.78 Å². The van der Waals surface area contributed by atoms with E-state index in [1.807, 2.05) is 0 Å². The van der Waals surface area contributed by atoms with Gasteiger partial charge >= 0.3 is 0 Å². The molecule has 0 N–H and O–H groups in total. The Morgan fingerprint density at radius 3 is 3.00 bits per heavy atom. The number of allylic oxidation sites excluding steroid dienone is 2. The summed E-state index contributed by atoms with van der Waals surface area (Å²) in [5, 5.41) is 0. The number of fused-ring (bicyclic) bond motifs is 1. The molecule has 2 atom stereocenters. The first-order valence-corrected chi connectivity index (χ1v) is 4.45. The van der Waals surface area contributed by atoms with Crippen LogP contribution in [0.25, 0.3) is 0 Å². The molecule has 1 fully saturated rings. The Morgan fingerprint density at radius 2 is 2.27 bits per heavy atom. The second-order valence-electron chi connectivity index (χ2n) is 3.84. The van der Waals surface area contributed by atoms with Crippen molar-refractivity contribution in [1.82, 2.24) is 0 Å². The Morgan fingerprint density at radius 1 is 1.45 bits per heavy atom. The number of hydrogen-bond donors (Lipinski definition) is 0. The summed E-state index contributed by atoms with van der Waals surface area (Å²) in [4.78, 5) is 11.1. The van der Waals surface area contributed by atoms with E-state index in [1.54, 1.807) is 0 Å². The summed E-state index contributed by atoms with van der Waals surface area (Å²) in [6, 6.07) is 0. The number of carbonyl (C=O) groups excluding carboxylic acids is 1. The minimum atomic E-state index is 0.481. The van der Waals surface area contributed by atoms with Gasteiger partial charge in [-0.3, -0.25) is 4.79 Å². The predicted molar refractivity (Wildman–Crippen MR) is 44.2 cm³/mol. The van der Waals surface area contributed by atoms with Crippen LogP contribution in [0, 0.1) is 11.8 Å². The summed E-state index contributed by atoms with van der Waals surface area (Å²) in [6.07, 6.45) is 6.43. The van der Waals surface area contributed by atoms with Crippen LogP contribution in [0.3, 0.4) is 0 Å². The molecular weight excluding hydrogens is 136 g/mol. The monoisotopic (exact) mass is 150 g/mol. The molecule has 0 bridgehead atoms. The zero-order chi connectivity index (χ0) is 7.84. The van der Waals surface area contributed by atoms with Crippen molar-refractivity contribution in [3.63, 3.8) is 0 Å². The zero-order valence-electron chi connectivity index (χ0n) is 6.97. The molecule has 0 aromatic heterocycles. The lowest BCUT2D eigenvalue weighted by Crippen LogP contribution is -2.12. The van der Waals surface area contributed by atoms with Crippen molar-refractivity contribution in [2.24, 2.45) is 11.8 Å². The van der Waals surface area contributed by atoms with Gasteiger partial charge in [0.2, 0.25) is 0 Å². The molecule has 0 amide bonds.